The van der Waals surface area contributed by atoms with Crippen molar-refractivity contribution in [1.82, 2.24) is 10.2 Å². The summed E-state index contributed by atoms with van der Waals surface area (Å²) in [6.45, 7) is 4.37. The number of aliphatic carboxylic acids is 1. The molecule has 17 heavy (non-hydrogen) atoms. The molecule has 1 saturated heterocycles. The predicted molar refractivity (Wildman–Crippen MR) is 62.6 cm³/mol. The van der Waals surface area contributed by atoms with Crippen LogP contribution >= 0.6 is 0 Å². The Morgan fingerprint density at radius 2 is 2.00 bits per heavy atom. The van der Waals surface area contributed by atoms with Gasteiger partial charge in [0.2, 0.25) is 0 Å². The normalized spacial score (nSPS) is 30.1. The van der Waals surface area contributed by atoms with Crippen molar-refractivity contribution < 1.29 is 14.7 Å². The lowest BCUT2D eigenvalue weighted by molar-refractivity contribution is -0.142. The van der Waals surface area contributed by atoms with Gasteiger partial charge in [-0.05, 0) is 39.0 Å². The lowest BCUT2D eigenvalue weighted by Gasteiger charge is -2.25. The lowest BCUT2D eigenvalue weighted by Crippen LogP contribution is -2.47. The maximum Gasteiger partial charge on any atom is 0.317 e. The second kappa shape index (κ2) is 4.55. The van der Waals surface area contributed by atoms with Gasteiger partial charge in [-0.3, -0.25) is 4.79 Å². The van der Waals surface area contributed by atoms with Crippen LogP contribution in [-0.4, -0.2) is 40.6 Å². The Labute approximate surface area is 101 Å². The first-order valence-electron chi connectivity index (χ1n) is 6.30. The fourth-order valence-corrected chi connectivity index (χ4v) is 2.55. The van der Waals surface area contributed by atoms with E-state index < -0.39 is 11.9 Å². The number of nitrogens with zero attached hydrogens (tertiary/aromatic N) is 1. The van der Waals surface area contributed by atoms with Crippen molar-refractivity contribution in [2.24, 2.45) is 11.8 Å². The molecule has 0 aromatic carbocycles. The number of carboxylic acid groups (broad SMARTS) is 1. The van der Waals surface area contributed by atoms with Gasteiger partial charge in [0.1, 0.15) is 0 Å². The summed E-state index contributed by atoms with van der Waals surface area (Å²) in [6, 6.07) is -0.113. The average Bonchev–Trinajstić information content (AvgIpc) is 3.01. The molecule has 2 amide bonds. The van der Waals surface area contributed by atoms with Crippen molar-refractivity contribution in [3.05, 3.63) is 0 Å². The molecule has 3 atom stereocenters. The molecule has 0 aromatic heterocycles. The zero-order chi connectivity index (χ0) is 12.6. The minimum absolute atomic E-state index is 0.111. The summed E-state index contributed by atoms with van der Waals surface area (Å²) < 4.78 is 0. The van der Waals surface area contributed by atoms with Crippen LogP contribution in [0.25, 0.3) is 0 Å². The summed E-state index contributed by atoms with van der Waals surface area (Å²) in [4.78, 5) is 24.6. The summed E-state index contributed by atoms with van der Waals surface area (Å²) in [5, 5.41) is 12.0. The van der Waals surface area contributed by atoms with Crippen molar-refractivity contribution >= 4 is 12.0 Å². The Balaban J connectivity index is 1.89. The maximum atomic E-state index is 12.0. The summed E-state index contributed by atoms with van der Waals surface area (Å²) in [5.74, 6) is -0.604. The molecule has 1 aliphatic carbocycles. The molecule has 5 heteroatoms. The number of carboxylic acids is 1. The van der Waals surface area contributed by atoms with Crippen LogP contribution in [0.2, 0.25) is 0 Å². The molecule has 1 saturated carbocycles. The SMILES string of the molecule is CC(NC(=O)N1CCC(C(=O)O)C1C)C1CC1. The van der Waals surface area contributed by atoms with Crippen LogP contribution in [-0.2, 0) is 4.79 Å². The highest BCUT2D eigenvalue weighted by molar-refractivity contribution is 5.78. The van der Waals surface area contributed by atoms with Crippen LogP contribution in [0.4, 0.5) is 4.79 Å². The van der Waals surface area contributed by atoms with E-state index in [0.717, 1.165) is 0 Å². The number of nitrogens with one attached hydrogen (secondary N) is 1. The Morgan fingerprint density at radius 1 is 1.35 bits per heavy atom. The van der Waals surface area contributed by atoms with Gasteiger partial charge in [0.25, 0.3) is 0 Å². The highest BCUT2D eigenvalue weighted by Crippen LogP contribution is 2.32. The zero-order valence-electron chi connectivity index (χ0n) is 10.3. The van der Waals surface area contributed by atoms with Gasteiger partial charge in [-0.15, -0.1) is 0 Å². The average molecular weight is 240 g/mol. The van der Waals surface area contributed by atoms with Gasteiger partial charge < -0.3 is 15.3 Å². The van der Waals surface area contributed by atoms with Gasteiger partial charge in [-0.25, -0.2) is 4.79 Å². The standard InChI is InChI=1S/C12H20N2O3/c1-7(9-3-4-9)13-12(17)14-6-5-10(8(14)2)11(15)16/h7-10H,3-6H2,1-2H3,(H,13,17)(H,15,16). The molecule has 3 unspecified atom stereocenters. The van der Waals surface area contributed by atoms with E-state index in [2.05, 4.69) is 5.32 Å². The van der Waals surface area contributed by atoms with Gasteiger partial charge in [0, 0.05) is 18.6 Å². The molecule has 96 valence electrons. The second-order valence-electron chi connectivity index (χ2n) is 5.24. The van der Waals surface area contributed by atoms with Gasteiger partial charge in [0.15, 0.2) is 0 Å². The van der Waals surface area contributed by atoms with Crippen LogP contribution in [0, 0.1) is 11.8 Å². The number of carbonyl (C=O) groups excluding carboxylic acids is 1. The van der Waals surface area contributed by atoms with E-state index >= 15 is 0 Å². The number of hydrogen-bond donors (Lipinski definition) is 2. The molecule has 0 spiro atoms. The number of hydrogen-bond acceptors (Lipinski definition) is 2. The summed E-state index contributed by atoms with van der Waals surface area (Å²) >= 11 is 0. The molecule has 1 heterocycles. The van der Waals surface area contributed by atoms with Crippen molar-refractivity contribution in [1.29, 1.82) is 0 Å². The summed E-state index contributed by atoms with van der Waals surface area (Å²) in [7, 11) is 0. The fraction of sp³-hybridized carbons (Fsp3) is 0.833. The van der Waals surface area contributed by atoms with Crippen LogP contribution in [0.1, 0.15) is 33.1 Å². The van der Waals surface area contributed by atoms with Crippen molar-refractivity contribution in [2.75, 3.05) is 6.54 Å². The Morgan fingerprint density at radius 3 is 2.47 bits per heavy atom. The van der Waals surface area contributed by atoms with E-state index in [1.807, 2.05) is 13.8 Å². The van der Waals surface area contributed by atoms with E-state index in [1.54, 1.807) is 4.90 Å². The van der Waals surface area contributed by atoms with Crippen molar-refractivity contribution in [2.45, 2.75) is 45.2 Å². The molecular formula is C12H20N2O3. The molecule has 0 radical (unpaired) electrons. The van der Waals surface area contributed by atoms with Crippen LogP contribution in [0.5, 0.6) is 0 Å². The maximum absolute atomic E-state index is 12.0. The third-order valence-electron chi connectivity index (χ3n) is 4.01. The third kappa shape index (κ3) is 2.53. The lowest BCUT2D eigenvalue weighted by atomic mass is 10.0. The number of rotatable bonds is 3. The molecule has 2 rings (SSSR count). The van der Waals surface area contributed by atoms with Crippen LogP contribution in [0.15, 0.2) is 0 Å². The van der Waals surface area contributed by atoms with E-state index in [1.165, 1.54) is 12.8 Å². The monoisotopic (exact) mass is 240 g/mol. The molecule has 5 nitrogen and oxygen atoms in total. The van der Waals surface area contributed by atoms with Crippen LogP contribution in [0.3, 0.4) is 0 Å². The minimum atomic E-state index is -0.803. The van der Waals surface area contributed by atoms with Gasteiger partial charge in [-0.2, -0.15) is 0 Å². The third-order valence-corrected chi connectivity index (χ3v) is 4.01. The van der Waals surface area contributed by atoms with Gasteiger partial charge >= 0.3 is 12.0 Å². The van der Waals surface area contributed by atoms with Crippen molar-refractivity contribution in [3.8, 4) is 0 Å². The quantitative estimate of drug-likeness (QED) is 0.781. The first kappa shape index (κ1) is 12.2. The Bertz CT molecular complexity index is 328. The van der Waals surface area contributed by atoms with E-state index in [0.29, 0.717) is 18.9 Å². The predicted octanol–water partition coefficient (Wildman–Crippen LogP) is 1.29. The highest BCUT2D eigenvalue weighted by Gasteiger charge is 2.39. The number of amides is 2. The Hall–Kier alpha value is -1.26. The van der Waals surface area contributed by atoms with Crippen LogP contribution < -0.4 is 5.32 Å². The molecule has 2 N–H and O–H groups in total. The van der Waals surface area contributed by atoms with E-state index in [-0.39, 0.29) is 18.1 Å². The molecule has 0 aromatic rings. The zero-order valence-corrected chi connectivity index (χ0v) is 10.3. The van der Waals surface area contributed by atoms with Gasteiger partial charge in [0.05, 0.1) is 5.92 Å². The molecule has 0 bridgehead atoms. The Kier molecular flexibility index (Phi) is 3.26. The first-order chi connectivity index (χ1) is 8.00. The molecule has 2 aliphatic rings. The number of likely N-dealkylation sites (tertiary alicyclic amines) is 1. The smallest absolute Gasteiger partial charge is 0.317 e. The summed E-state index contributed by atoms with van der Waals surface area (Å²) in [6.07, 6.45) is 2.94. The van der Waals surface area contributed by atoms with E-state index in [9.17, 15) is 9.59 Å². The topological polar surface area (TPSA) is 69.6 Å². The van der Waals surface area contributed by atoms with E-state index in [4.69, 9.17) is 5.11 Å². The first-order valence-corrected chi connectivity index (χ1v) is 6.30. The highest BCUT2D eigenvalue weighted by atomic mass is 16.4. The minimum Gasteiger partial charge on any atom is -0.481 e. The number of carbonyl (C=O) groups is 2. The van der Waals surface area contributed by atoms with Crippen molar-refractivity contribution in [3.63, 3.8) is 0 Å². The number of urea groups is 1. The fourth-order valence-electron chi connectivity index (χ4n) is 2.55. The van der Waals surface area contributed by atoms with Gasteiger partial charge in [-0.1, -0.05) is 0 Å². The molecule has 2 fully saturated rings. The second-order valence-corrected chi connectivity index (χ2v) is 5.24. The molecule has 1 aliphatic heterocycles. The summed E-state index contributed by atoms with van der Waals surface area (Å²) in [5.41, 5.74) is 0. The largest absolute Gasteiger partial charge is 0.481 e. The molecular weight excluding hydrogens is 220 g/mol.